The van der Waals surface area contributed by atoms with Crippen LogP contribution in [0.15, 0.2) is 0 Å². The van der Waals surface area contributed by atoms with Gasteiger partial charge in [0, 0.05) is 6.61 Å². The van der Waals surface area contributed by atoms with Gasteiger partial charge in [0.05, 0.1) is 36.7 Å². The summed E-state index contributed by atoms with van der Waals surface area (Å²) < 4.78 is 56.0. The number of rotatable bonds is 3. The van der Waals surface area contributed by atoms with Crippen LogP contribution in [-0.2, 0) is 18.9 Å². The van der Waals surface area contributed by atoms with Gasteiger partial charge in [-0.2, -0.15) is 0 Å². The molecule has 0 spiro atoms. The first-order valence-corrected chi connectivity index (χ1v) is 12.2. The first kappa shape index (κ1) is 33.8. The van der Waals surface area contributed by atoms with Gasteiger partial charge in [0.2, 0.25) is 0 Å². The largest absolute Gasteiger partial charge is 0.379 e. The summed E-state index contributed by atoms with van der Waals surface area (Å²) in [6, 6.07) is 0. The molecule has 7 heteroatoms. The van der Waals surface area contributed by atoms with E-state index < -0.39 is 18.5 Å². The molecule has 0 aliphatic carbocycles. The molecule has 3 heterocycles. The number of alkyl halides is 3. The molecule has 3 saturated heterocycles. The summed E-state index contributed by atoms with van der Waals surface area (Å²) in [6.07, 6.45) is 2.38. The van der Waals surface area contributed by atoms with E-state index in [0.29, 0.717) is 24.7 Å². The lowest BCUT2D eigenvalue weighted by atomic mass is 10.2. The van der Waals surface area contributed by atoms with Gasteiger partial charge in [-0.15, -0.1) is 0 Å². The monoisotopic (exact) mass is 472 g/mol. The number of halogens is 3. The van der Waals surface area contributed by atoms with Crippen molar-refractivity contribution in [2.75, 3.05) is 6.61 Å². The molecule has 0 aromatic rings. The van der Waals surface area contributed by atoms with Gasteiger partial charge in [0.25, 0.3) is 0 Å². The van der Waals surface area contributed by atoms with E-state index in [1.54, 1.807) is 13.8 Å². The third kappa shape index (κ3) is 20.3. The van der Waals surface area contributed by atoms with Crippen LogP contribution in [0.1, 0.15) is 102 Å². The molecule has 8 atom stereocenters. The SMILES string of the molecule is CC1CCCO1.CC1OC(C)(C)OC1C.CC1OC1C.CCC(C)F.CCC(F)C(C)F. The van der Waals surface area contributed by atoms with Gasteiger partial charge in [-0.3, -0.25) is 0 Å². The molecular weight excluding hydrogens is 421 g/mol. The number of hydrogen-bond acceptors (Lipinski definition) is 4. The Hall–Kier alpha value is -0.370. The fraction of sp³-hybridized carbons (Fsp3) is 1.00. The van der Waals surface area contributed by atoms with Crippen LogP contribution >= 0.6 is 0 Å². The van der Waals surface area contributed by atoms with Gasteiger partial charge in [0.15, 0.2) is 5.79 Å². The predicted molar refractivity (Wildman–Crippen MR) is 126 cm³/mol. The van der Waals surface area contributed by atoms with E-state index >= 15 is 0 Å². The van der Waals surface area contributed by atoms with E-state index in [1.165, 1.54) is 19.8 Å². The Morgan fingerprint density at radius 3 is 1.28 bits per heavy atom. The van der Waals surface area contributed by atoms with Crippen LogP contribution in [0.25, 0.3) is 0 Å². The molecule has 0 bridgehead atoms. The van der Waals surface area contributed by atoms with Crippen molar-refractivity contribution in [3.63, 3.8) is 0 Å². The van der Waals surface area contributed by atoms with E-state index in [1.807, 2.05) is 34.6 Å². The summed E-state index contributed by atoms with van der Waals surface area (Å²) in [4.78, 5) is 0. The number of ether oxygens (including phenoxy) is 4. The molecule has 0 saturated carbocycles. The number of hydrogen-bond donors (Lipinski definition) is 0. The maximum atomic E-state index is 11.9. The standard InChI is InChI=1S/C7H14O2.C5H10F2.C5H10O.C4H9F.C4H8O/c1-5-6(2)9-7(3,4)8-5;1-3-5(7)4(2)6;1-5-3-2-4-6-5;1-3-4(2)5;1-3-4(2)5-3/h5-6H,1-4H3;4-5H,3H2,1-2H3;5H,2-4H2,1H3;4H,3H2,1-2H3;3-4H,1-2H3. The van der Waals surface area contributed by atoms with Gasteiger partial charge >= 0.3 is 0 Å². The third-order valence-corrected chi connectivity index (χ3v) is 5.22. The molecule has 0 amide bonds. The zero-order valence-corrected chi connectivity index (χ0v) is 22.4. The summed E-state index contributed by atoms with van der Waals surface area (Å²) >= 11 is 0. The molecule has 196 valence electrons. The van der Waals surface area contributed by atoms with Crippen LogP contribution in [0.3, 0.4) is 0 Å². The van der Waals surface area contributed by atoms with Crippen LogP contribution in [0, 0.1) is 0 Å². The Bertz CT molecular complexity index is 407. The Labute approximate surface area is 195 Å². The minimum atomic E-state index is -1.30. The zero-order chi connectivity index (χ0) is 25.5. The highest BCUT2D eigenvalue weighted by Gasteiger charge is 2.35. The van der Waals surface area contributed by atoms with Crippen molar-refractivity contribution >= 4 is 0 Å². The Morgan fingerprint density at radius 2 is 1.22 bits per heavy atom. The lowest BCUT2D eigenvalue weighted by molar-refractivity contribution is -0.143. The van der Waals surface area contributed by atoms with Crippen molar-refractivity contribution in [3.05, 3.63) is 0 Å². The van der Waals surface area contributed by atoms with Crippen molar-refractivity contribution in [2.45, 2.75) is 157 Å². The molecular formula is C25H51F3O4. The fourth-order valence-electron chi connectivity index (χ4n) is 2.47. The van der Waals surface area contributed by atoms with Crippen molar-refractivity contribution in [1.29, 1.82) is 0 Å². The van der Waals surface area contributed by atoms with Gasteiger partial charge in [0.1, 0.15) is 12.3 Å². The maximum absolute atomic E-state index is 11.9. The summed E-state index contributed by atoms with van der Waals surface area (Å²) in [5.74, 6) is -0.362. The minimum Gasteiger partial charge on any atom is -0.379 e. The first-order valence-electron chi connectivity index (χ1n) is 12.2. The number of epoxide rings is 1. The van der Waals surface area contributed by atoms with Crippen LogP contribution in [0.2, 0.25) is 0 Å². The maximum Gasteiger partial charge on any atom is 0.163 e. The highest BCUT2D eigenvalue weighted by atomic mass is 19.2. The highest BCUT2D eigenvalue weighted by Crippen LogP contribution is 2.26. The Balaban J connectivity index is 0. The quantitative estimate of drug-likeness (QED) is 0.402. The van der Waals surface area contributed by atoms with Crippen LogP contribution in [-0.4, -0.2) is 61.4 Å². The summed E-state index contributed by atoms with van der Waals surface area (Å²) in [6.45, 7) is 21.4. The van der Waals surface area contributed by atoms with E-state index in [9.17, 15) is 13.2 Å². The van der Waals surface area contributed by atoms with Gasteiger partial charge in [-0.1, -0.05) is 13.8 Å². The van der Waals surface area contributed by atoms with Crippen molar-refractivity contribution in [1.82, 2.24) is 0 Å². The average molecular weight is 473 g/mol. The second-order valence-corrected chi connectivity index (χ2v) is 9.21. The molecule has 3 aliphatic heterocycles. The van der Waals surface area contributed by atoms with E-state index in [0.717, 1.165) is 6.61 Å². The topological polar surface area (TPSA) is 40.2 Å². The summed E-state index contributed by atoms with van der Waals surface area (Å²) in [5.41, 5.74) is 0. The molecule has 3 aliphatic rings. The summed E-state index contributed by atoms with van der Waals surface area (Å²) in [5, 5.41) is 0. The van der Waals surface area contributed by atoms with Crippen molar-refractivity contribution < 1.29 is 32.1 Å². The molecule has 4 nitrogen and oxygen atoms in total. The molecule has 0 radical (unpaired) electrons. The molecule has 0 aromatic heterocycles. The van der Waals surface area contributed by atoms with Crippen LogP contribution in [0.5, 0.6) is 0 Å². The van der Waals surface area contributed by atoms with Gasteiger partial charge in [-0.05, 0) is 88.0 Å². The highest BCUT2D eigenvalue weighted by molar-refractivity contribution is 4.74. The predicted octanol–water partition coefficient (Wildman–Crippen LogP) is 7.37. The Kier molecular flexibility index (Phi) is 19.0. The van der Waals surface area contributed by atoms with Crippen molar-refractivity contribution in [3.8, 4) is 0 Å². The molecule has 32 heavy (non-hydrogen) atoms. The zero-order valence-electron chi connectivity index (χ0n) is 22.4. The molecule has 3 fully saturated rings. The smallest absolute Gasteiger partial charge is 0.163 e. The van der Waals surface area contributed by atoms with E-state index in [2.05, 4.69) is 20.8 Å². The van der Waals surface area contributed by atoms with E-state index in [-0.39, 0.29) is 24.4 Å². The normalized spacial score (nSPS) is 32.2. The summed E-state index contributed by atoms with van der Waals surface area (Å²) in [7, 11) is 0. The molecule has 3 rings (SSSR count). The average Bonchev–Trinajstić information content (AvgIpc) is 3.04. The fourth-order valence-corrected chi connectivity index (χ4v) is 2.47. The van der Waals surface area contributed by atoms with E-state index in [4.69, 9.17) is 18.9 Å². The van der Waals surface area contributed by atoms with Crippen LogP contribution < -0.4 is 0 Å². The molecule has 0 N–H and O–H groups in total. The second kappa shape index (κ2) is 18.0. The van der Waals surface area contributed by atoms with Gasteiger partial charge < -0.3 is 18.9 Å². The lowest BCUT2D eigenvalue weighted by Gasteiger charge is -2.15. The third-order valence-electron chi connectivity index (χ3n) is 5.22. The molecule has 8 unspecified atom stereocenters. The second-order valence-electron chi connectivity index (χ2n) is 9.21. The Morgan fingerprint density at radius 1 is 0.812 bits per heavy atom. The minimum absolute atomic E-state index is 0.236. The van der Waals surface area contributed by atoms with Crippen molar-refractivity contribution in [2.24, 2.45) is 0 Å². The van der Waals surface area contributed by atoms with Crippen LogP contribution in [0.4, 0.5) is 13.2 Å². The molecule has 0 aromatic carbocycles. The van der Waals surface area contributed by atoms with Gasteiger partial charge in [-0.25, -0.2) is 13.2 Å². The first-order chi connectivity index (χ1) is 14.7. The lowest BCUT2D eigenvalue weighted by Crippen LogP contribution is -2.20.